The first-order valence-electron chi connectivity index (χ1n) is 27.0. The minimum atomic E-state index is -4.96. The molecule has 2 atom stereocenters. The number of H-pyrrole nitrogens is 2. The number of imidazole rings is 2. The number of nitrogens with one attached hydrogen (secondary N) is 5. The highest BCUT2D eigenvalue weighted by molar-refractivity contribution is 5.96. The zero-order valence-electron chi connectivity index (χ0n) is 49.9. The normalized spacial score (nSPS) is 12.3. The number of allylic oxidation sites excluding steroid dienone is 2. The number of rotatable bonds is 21. The summed E-state index contributed by atoms with van der Waals surface area (Å²) in [6, 6.07) is 0.743. The third-order valence-electron chi connectivity index (χ3n) is 12.5. The summed E-state index contributed by atoms with van der Waals surface area (Å²) in [5.41, 5.74) is 1.29. The number of halogens is 8. The van der Waals surface area contributed by atoms with Crippen molar-refractivity contribution in [3.63, 3.8) is 0 Å². The molecule has 0 bridgehead atoms. The second kappa shape index (κ2) is 31.8. The third-order valence-corrected chi connectivity index (χ3v) is 12.5. The number of aromatic nitrogens is 8. The number of methoxy groups -OCH3 is 2. The average molecular weight is 1270 g/mol. The Kier molecular flexibility index (Phi) is 25.6. The number of hydrogen-bond acceptors (Lipinski definition) is 15. The maximum absolute atomic E-state index is 14.5. The molecule has 8 N–H and O–H groups in total. The number of alkyl carbamates (subject to hydrolysis) is 2. The number of carboxylic acids is 1. The van der Waals surface area contributed by atoms with Gasteiger partial charge < -0.3 is 56.0 Å². The van der Waals surface area contributed by atoms with Gasteiger partial charge in [-0.05, 0) is 86.8 Å². The molecule has 0 aliphatic rings. The van der Waals surface area contributed by atoms with E-state index in [-0.39, 0.29) is 76.8 Å². The number of likely N-dealkylation sites (N-methyl/N-ethyl adjacent to an activating group) is 2. The quantitative estimate of drug-likeness (QED) is 0.0283. The second-order valence-electron chi connectivity index (χ2n) is 20.8. The number of amides is 5. The molecule has 33 heteroatoms. The molecule has 0 fully saturated rings. The Bertz CT molecular complexity index is 3680. The number of hydrogen-bond donors (Lipinski definition) is 7. The van der Waals surface area contributed by atoms with Crippen molar-refractivity contribution in [2.45, 2.75) is 104 Å². The lowest BCUT2D eigenvalue weighted by molar-refractivity contribution is -0.144. The van der Waals surface area contributed by atoms with Gasteiger partial charge >= 0.3 is 30.5 Å². The van der Waals surface area contributed by atoms with Gasteiger partial charge in [0.1, 0.15) is 51.8 Å². The van der Waals surface area contributed by atoms with E-state index in [9.17, 15) is 73.5 Å². The van der Waals surface area contributed by atoms with Crippen LogP contribution in [-0.2, 0) is 66.9 Å². The molecule has 0 aliphatic heterocycles. The van der Waals surface area contributed by atoms with Gasteiger partial charge in [-0.25, -0.2) is 33.1 Å². The van der Waals surface area contributed by atoms with E-state index in [1.165, 1.54) is 28.0 Å². The summed E-state index contributed by atoms with van der Waals surface area (Å²) in [6.45, 7) is 6.47. The van der Waals surface area contributed by atoms with Gasteiger partial charge in [-0.15, -0.1) is 0 Å². The van der Waals surface area contributed by atoms with Crippen LogP contribution in [-0.4, -0.2) is 144 Å². The number of aliphatic carboxylic acids is 1. The van der Waals surface area contributed by atoms with Crippen LogP contribution < -0.4 is 32.8 Å². The maximum atomic E-state index is 14.5. The molecule has 0 radical (unpaired) electrons. The third kappa shape index (κ3) is 20.7. The predicted molar refractivity (Wildman–Crippen MR) is 308 cm³/mol. The molecule has 0 spiro atoms. The highest BCUT2D eigenvalue weighted by Gasteiger charge is 2.37. The van der Waals surface area contributed by atoms with E-state index in [0.717, 1.165) is 44.8 Å². The van der Waals surface area contributed by atoms with Gasteiger partial charge in [0.15, 0.2) is 11.6 Å². The summed E-state index contributed by atoms with van der Waals surface area (Å²) >= 11 is 0. The lowest BCUT2D eigenvalue weighted by Gasteiger charge is -2.19. The van der Waals surface area contributed by atoms with E-state index >= 15 is 0 Å². The molecule has 0 saturated carbocycles. The van der Waals surface area contributed by atoms with Gasteiger partial charge in [-0.3, -0.25) is 43.1 Å². The number of pyridine rings is 4. The van der Waals surface area contributed by atoms with E-state index in [4.69, 9.17) is 10.8 Å². The van der Waals surface area contributed by atoms with Crippen LogP contribution in [0, 0.1) is 23.5 Å². The SMILES string of the molecule is CC(C)Cc1ncc(F)c2nc(Cn3c(C(F)(F)F)ccc(N)c3=O)[nH]c12.COC(=O)N[C@@H](CC/C=C/C(=O)N(C)C)C(=O)Nc1ccc(C(F)(F)F)n(Cc2nc3c(F)cnc(CC(C)C)c3[nH]2)c1=O.COC(=O)N[C@@H](CC/C=C/C(=O)N(C)C)C(=O)O. The number of alkyl halides is 6. The first-order chi connectivity index (χ1) is 41.6. The highest BCUT2D eigenvalue weighted by Crippen LogP contribution is 2.31. The number of carbonyl (C=O) groups is 6. The van der Waals surface area contributed by atoms with Crippen molar-refractivity contribution in [3.8, 4) is 0 Å². The standard InChI is InChI=1S/C28H33F4N7O5.C17H17F4N5O.C11H18N2O5/c1-15(2)12-19-24-23(16(29)13-33-19)36-21(37-24)14-39-20(28(30,31)32)11-10-18(26(39)42)34-25(41)17(35-27(43)44-5)8-6-7-9-22(40)38(3)4;1-8(2)5-11-15-14(9(18)6-23-11)24-13(25-15)7-26-12(17(19,20)21)4-3-10(22)16(26)27;1-13(2)9(14)7-5-4-6-8(10(15)16)12-11(17)18-3/h7,9-11,13,15,17H,6,8,12,14H2,1-5H3,(H,34,41)(H,35,43)(H,36,37);3-4,6,8H,5,7,22H2,1-2H3,(H,24,25);5,7-8H,4,6H2,1-3H3,(H,12,17)(H,15,16)/b9-7+;;7-5+/t17-;;8-/m0.0/s1. The van der Waals surface area contributed by atoms with Crippen molar-refractivity contribution in [1.82, 2.24) is 59.5 Å². The van der Waals surface area contributed by atoms with Crippen LogP contribution in [0.1, 0.15) is 87.8 Å². The monoisotopic (exact) mass is 1260 g/mol. The fraction of sp³-hybridized carbons (Fsp3) is 0.429. The molecule has 6 heterocycles. The Balaban J connectivity index is 0.000000318. The number of carboxylic acid groups (broad SMARTS) is 1. The number of anilines is 2. The van der Waals surface area contributed by atoms with Crippen molar-refractivity contribution in [1.29, 1.82) is 0 Å². The lowest BCUT2D eigenvalue weighted by Crippen LogP contribution is -2.44. The van der Waals surface area contributed by atoms with Crippen molar-refractivity contribution in [2.75, 3.05) is 53.5 Å². The van der Waals surface area contributed by atoms with Crippen LogP contribution in [0.15, 0.2) is 70.6 Å². The van der Waals surface area contributed by atoms with Crippen molar-refractivity contribution in [2.24, 2.45) is 11.8 Å². The largest absolute Gasteiger partial charge is 0.480 e. The number of aromatic amines is 2. The van der Waals surface area contributed by atoms with Gasteiger partial charge in [-0.2, -0.15) is 26.3 Å². The molecule has 89 heavy (non-hydrogen) atoms. The smallest absolute Gasteiger partial charge is 0.431 e. The molecule has 6 aromatic rings. The Hall–Kier alpha value is -9.72. The molecule has 6 aromatic heterocycles. The van der Waals surface area contributed by atoms with Crippen LogP contribution in [0.25, 0.3) is 22.1 Å². The van der Waals surface area contributed by atoms with Crippen LogP contribution in [0.3, 0.4) is 0 Å². The maximum Gasteiger partial charge on any atom is 0.431 e. The minimum absolute atomic E-state index is 0.0000983. The van der Waals surface area contributed by atoms with Gasteiger partial charge in [0, 0.05) is 28.2 Å². The van der Waals surface area contributed by atoms with E-state index < -0.39 is 101 Å². The Morgan fingerprint density at radius 1 is 0.663 bits per heavy atom. The summed E-state index contributed by atoms with van der Waals surface area (Å²) < 4.78 is 120. The summed E-state index contributed by atoms with van der Waals surface area (Å²) in [5, 5.41) is 15.6. The van der Waals surface area contributed by atoms with Crippen LogP contribution in [0.5, 0.6) is 0 Å². The molecular weight excluding hydrogens is 1200 g/mol. The molecule has 0 saturated heterocycles. The first kappa shape index (κ1) is 71.8. The van der Waals surface area contributed by atoms with E-state index in [1.807, 2.05) is 27.7 Å². The summed E-state index contributed by atoms with van der Waals surface area (Å²) in [4.78, 5) is 120. The molecule has 0 unspecified atom stereocenters. The van der Waals surface area contributed by atoms with Crippen LogP contribution >= 0.6 is 0 Å². The van der Waals surface area contributed by atoms with Crippen molar-refractivity contribution < 1.29 is 78.5 Å². The van der Waals surface area contributed by atoms with E-state index in [1.54, 1.807) is 34.3 Å². The zero-order valence-corrected chi connectivity index (χ0v) is 49.9. The Morgan fingerprint density at radius 2 is 1.07 bits per heavy atom. The minimum Gasteiger partial charge on any atom is -0.480 e. The Labute approximate surface area is 502 Å². The molecule has 25 nitrogen and oxygen atoms in total. The molecule has 0 aliphatic carbocycles. The van der Waals surface area contributed by atoms with E-state index in [2.05, 4.69) is 55.3 Å². The topological polar surface area (TPSA) is 337 Å². The Morgan fingerprint density at radius 3 is 1.46 bits per heavy atom. The van der Waals surface area contributed by atoms with Crippen LogP contribution in [0.2, 0.25) is 0 Å². The predicted octanol–water partition coefficient (Wildman–Crippen LogP) is 6.94. The van der Waals surface area contributed by atoms with Gasteiger partial charge in [0.2, 0.25) is 17.7 Å². The van der Waals surface area contributed by atoms with Crippen LogP contribution in [0.4, 0.5) is 56.1 Å². The zero-order chi connectivity index (χ0) is 66.8. The van der Waals surface area contributed by atoms with Crippen molar-refractivity contribution >= 4 is 69.3 Å². The summed E-state index contributed by atoms with van der Waals surface area (Å²) in [5.74, 6) is -3.81. The number of ether oxygens (including phenoxy) is 2. The number of nitrogens with zero attached hydrogens (tertiary/aromatic N) is 8. The number of nitrogens with two attached hydrogens (primary N) is 1. The van der Waals surface area contributed by atoms with Gasteiger partial charge in [-0.1, -0.05) is 39.8 Å². The first-order valence-corrected chi connectivity index (χ1v) is 27.0. The molecule has 5 amide bonds. The van der Waals surface area contributed by atoms with Gasteiger partial charge in [0.25, 0.3) is 11.1 Å². The molecular formula is C56H68F8N14O11. The lowest BCUT2D eigenvalue weighted by atomic mass is 10.1. The fourth-order valence-electron chi connectivity index (χ4n) is 8.08. The average Bonchev–Trinajstić information content (AvgIpc) is 1.82. The fourth-order valence-corrected chi connectivity index (χ4v) is 8.08. The molecule has 6 rings (SSSR count). The second-order valence-corrected chi connectivity index (χ2v) is 20.8. The summed E-state index contributed by atoms with van der Waals surface area (Å²) in [6.07, 6.45) is -2.18. The number of nitrogen functional groups attached to an aromatic ring is 1. The number of carbonyl (C=O) groups excluding carboxylic acids is 5. The number of fused-ring (bicyclic) bond motifs is 2. The van der Waals surface area contributed by atoms with E-state index in [0.29, 0.717) is 51.4 Å². The highest BCUT2D eigenvalue weighted by atomic mass is 19.4. The molecule has 0 aromatic carbocycles. The summed E-state index contributed by atoms with van der Waals surface area (Å²) in [7, 11) is 8.56. The van der Waals surface area contributed by atoms with Gasteiger partial charge in [0.05, 0.1) is 67.8 Å². The van der Waals surface area contributed by atoms with Crippen molar-refractivity contribution in [3.05, 3.63) is 128 Å². The molecule has 484 valence electrons.